The molecule has 2 heterocycles. The molecule has 1 aliphatic heterocycles. The monoisotopic (exact) mass is 217 g/mol. The van der Waals surface area contributed by atoms with Crippen molar-refractivity contribution in [3.8, 4) is 6.07 Å². The summed E-state index contributed by atoms with van der Waals surface area (Å²) >= 11 is 0. The normalized spacial score (nSPS) is 23.6. The molecule has 0 saturated carbocycles. The van der Waals surface area contributed by atoms with Gasteiger partial charge in [0.1, 0.15) is 11.9 Å². The van der Waals surface area contributed by atoms with Crippen molar-refractivity contribution in [1.82, 2.24) is 4.98 Å². The number of aromatic nitrogens is 1. The Balaban J connectivity index is 2.41. The summed E-state index contributed by atoms with van der Waals surface area (Å²) in [5.74, 6) is 0.321. The van der Waals surface area contributed by atoms with Gasteiger partial charge in [0, 0.05) is 12.0 Å². The van der Waals surface area contributed by atoms with Gasteiger partial charge < -0.3 is 10.5 Å². The van der Waals surface area contributed by atoms with Crippen molar-refractivity contribution in [1.29, 1.82) is 5.26 Å². The number of nitrogen functional groups attached to an aromatic ring is 1. The smallest absolute Gasteiger partial charge is 0.141 e. The van der Waals surface area contributed by atoms with Crippen LogP contribution in [0.15, 0.2) is 6.07 Å². The molecule has 84 valence electrons. The van der Waals surface area contributed by atoms with Crippen molar-refractivity contribution in [2.24, 2.45) is 0 Å². The van der Waals surface area contributed by atoms with E-state index >= 15 is 0 Å². The van der Waals surface area contributed by atoms with Gasteiger partial charge in [0.05, 0.1) is 23.5 Å². The molecule has 4 nitrogen and oxygen atoms in total. The van der Waals surface area contributed by atoms with Crippen molar-refractivity contribution in [2.75, 3.05) is 5.73 Å². The molecule has 0 saturated heterocycles. The first-order valence-corrected chi connectivity index (χ1v) is 5.40. The molecule has 16 heavy (non-hydrogen) atoms. The van der Waals surface area contributed by atoms with Crippen molar-refractivity contribution in [3.05, 3.63) is 22.9 Å². The van der Waals surface area contributed by atoms with Crippen LogP contribution in [-0.4, -0.2) is 10.6 Å². The number of rotatable bonds is 1. The summed E-state index contributed by atoms with van der Waals surface area (Å²) in [6.45, 7) is 4.69. The standard InChI is InChI=1S/C12H15N3O/c1-3-12(2)5-10-9(7-16-12)4-8(6-13)11(14)15-10/h4H,3,5,7H2,1-2H3,(H2,14,15). The highest BCUT2D eigenvalue weighted by Gasteiger charge is 2.30. The Morgan fingerprint density at radius 2 is 2.44 bits per heavy atom. The first-order valence-electron chi connectivity index (χ1n) is 5.40. The Kier molecular flexibility index (Phi) is 2.56. The molecule has 0 spiro atoms. The van der Waals surface area contributed by atoms with Gasteiger partial charge in [-0.05, 0) is 19.4 Å². The van der Waals surface area contributed by atoms with E-state index in [1.165, 1.54) is 0 Å². The molecule has 0 aromatic carbocycles. The lowest BCUT2D eigenvalue weighted by Gasteiger charge is -2.33. The van der Waals surface area contributed by atoms with Gasteiger partial charge in [-0.1, -0.05) is 6.92 Å². The number of fused-ring (bicyclic) bond motifs is 1. The number of ether oxygens (including phenoxy) is 1. The number of hydrogen-bond acceptors (Lipinski definition) is 4. The van der Waals surface area contributed by atoms with Crippen LogP contribution in [0.5, 0.6) is 0 Å². The van der Waals surface area contributed by atoms with E-state index in [1.807, 2.05) is 6.07 Å². The Morgan fingerprint density at radius 1 is 1.69 bits per heavy atom. The average molecular weight is 217 g/mol. The second kappa shape index (κ2) is 3.76. The fraction of sp³-hybridized carbons (Fsp3) is 0.500. The molecular formula is C12H15N3O. The molecule has 0 fully saturated rings. The molecule has 1 aromatic rings. The van der Waals surface area contributed by atoms with E-state index < -0.39 is 0 Å². The summed E-state index contributed by atoms with van der Waals surface area (Å²) in [5, 5.41) is 8.86. The van der Waals surface area contributed by atoms with E-state index in [0.29, 0.717) is 18.0 Å². The number of nitrogens with two attached hydrogens (primary N) is 1. The van der Waals surface area contributed by atoms with Crippen LogP contribution >= 0.6 is 0 Å². The number of nitrogens with zero attached hydrogens (tertiary/aromatic N) is 2. The molecule has 0 amide bonds. The van der Waals surface area contributed by atoms with E-state index in [-0.39, 0.29) is 5.60 Å². The average Bonchev–Trinajstić information content (AvgIpc) is 2.28. The minimum atomic E-state index is -0.152. The van der Waals surface area contributed by atoms with Crippen molar-refractivity contribution < 1.29 is 4.74 Å². The van der Waals surface area contributed by atoms with Gasteiger partial charge in [-0.2, -0.15) is 5.26 Å². The minimum Gasteiger partial charge on any atom is -0.383 e. The zero-order valence-corrected chi connectivity index (χ0v) is 9.58. The summed E-state index contributed by atoms with van der Waals surface area (Å²) in [6.07, 6.45) is 1.70. The van der Waals surface area contributed by atoms with Gasteiger partial charge in [-0.15, -0.1) is 0 Å². The number of pyridine rings is 1. The molecule has 1 aliphatic rings. The van der Waals surface area contributed by atoms with Crippen molar-refractivity contribution >= 4 is 5.82 Å². The van der Waals surface area contributed by atoms with E-state index in [0.717, 1.165) is 24.1 Å². The quantitative estimate of drug-likeness (QED) is 0.778. The lowest BCUT2D eigenvalue weighted by Crippen LogP contribution is -2.35. The maximum absolute atomic E-state index is 8.86. The van der Waals surface area contributed by atoms with Crippen molar-refractivity contribution in [3.63, 3.8) is 0 Å². The molecule has 0 radical (unpaired) electrons. The maximum Gasteiger partial charge on any atom is 0.141 e. The van der Waals surface area contributed by atoms with Gasteiger partial charge in [-0.25, -0.2) is 4.98 Å². The highest BCUT2D eigenvalue weighted by atomic mass is 16.5. The topological polar surface area (TPSA) is 71.9 Å². The Hall–Kier alpha value is -1.60. The van der Waals surface area contributed by atoms with Gasteiger partial charge in [0.25, 0.3) is 0 Å². The summed E-state index contributed by atoms with van der Waals surface area (Å²) in [7, 11) is 0. The lowest BCUT2D eigenvalue weighted by atomic mass is 9.91. The van der Waals surface area contributed by atoms with Crippen LogP contribution in [0, 0.1) is 11.3 Å². The molecule has 1 aromatic heterocycles. The van der Waals surface area contributed by atoms with Crippen molar-refractivity contribution in [2.45, 2.75) is 38.9 Å². The van der Waals surface area contributed by atoms with E-state index in [1.54, 1.807) is 6.07 Å². The van der Waals surface area contributed by atoms with E-state index in [2.05, 4.69) is 18.8 Å². The fourth-order valence-electron chi connectivity index (χ4n) is 1.86. The van der Waals surface area contributed by atoms with E-state index in [9.17, 15) is 0 Å². The minimum absolute atomic E-state index is 0.152. The zero-order chi connectivity index (χ0) is 11.8. The van der Waals surface area contributed by atoms with Gasteiger partial charge >= 0.3 is 0 Å². The molecule has 1 unspecified atom stereocenters. The summed E-state index contributed by atoms with van der Waals surface area (Å²) < 4.78 is 5.79. The third-order valence-corrected chi connectivity index (χ3v) is 3.21. The molecule has 0 aliphatic carbocycles. The summed E-state index contributed by atoms with van der Waals surface area (Å²) in [5.41, 5.74) is 7.94. The van der Waals surface area contributed by atoms with Crippen LogP contribution in [0.1, 0.15) is 37.1 Å². The Labute approximate surface area is 95.0 Å². The number of nitriles is 1. The lowest BCUT2D eigenvalue weighted by molar-refractivity contribution is -0.0574. The maximum atomic E-state index is 8.86. The fourth-order valence-corrected chi connectivity index (χ4v) is 1.86. The van der Waals surface area contributed by atoms with Crippen LogP contribution < -0.4 is 5.73 Å². The summed E-state index contributed by atoms with van der Waals surface area (Å²) in [6, 6.07) is 3.82. The second-order valence-corrected chi connectivity index (χ2v) is 4.41. The molecule has 2 rings (SSSR count). The van der Waals surface area contributed by atoms with Gasteiger partial charge in [-0.3, -0.25) is 0 Å². The largest absolute Gasteiger partial charge is 0.383 e. The molecule has 2 N–H and O–H groups in total. The predicted molar refractivity (Wildman–Crippen MR) is 60.6 cm³/mol. The molecular weight excluding hydrogens is 202 g/mol. The van der Waals surface area contributed by atoms with Crippen LogP contribution in [-0.2, 0) is 17.8 Å². The van der Waals surface area contributed by atoms with Crippen LogP contribution in [0.4, 0.5) is 5.82 Å². The molecule has 0 bridgehead atoms. The Morgan fingerprint density at radius 3 is 3.06 bits per heavy atom. The molecule has 1 atom stereocenters. The highest BCUT2D eigenvalue weighted by molar-refractivity contribution is 5.51. The first kappa shape index (κ1) is 10.9. The van der Waals surface area contributed by atoms with Crippen LogP contribution in [0.3, 0.4) is 0 Å². The molecule has 4 heteroatoms. The summed E-state index contributed by atoms with van der Waals surface area (Å²) in [4.78, 5) is 4.30. The first-order chi connectivity index (χ1) is 7.58. The second-order valence-electron chi connectivity index (χ2n) is 4.41. The number of hydrogen-bond donors (Lipinski definition) is 1. The highest BCUT2D eigenvalue weighted by Crippen LogP contribution is 2.30. The zero-order valence-electron chi connectivity index (χ0n) is 9.58. The van der Waals surface area contributed by atoms with Crippen LogP contribution in [0.2, 0.25) is 0 Å². The third-order valence-electron chi connectivity index (χ3n) is 3.21. The third kappa shape index (κ3) is 1.74. The SMILES string of the molecule is CCC1(C)Cc2nc(N)c(C#N)cc2CO1. The van der Waals surface area contributed by atoms with Gasteiger partial charge in [0.2, 0.25) is 0 Å². The Bertz CT molecular complexity index is 464. The number of anilines is 1. The van der Waals surface area contributed by atoms with Gasteiger partial charge in [0.15, 0.2) is 0 Å². The predicted octanol–water partition coefficient (Wildman–Crippen LogP) is 1.78. The van der Waals surface area contributed by atoms with E-state index in [4.69, 9.17) is 15.7 Å². The van der Waals surface area contributed by atoms with Crippen LogP contribution in [0.25, 0.3) is 0 Å².